The number of nitrogens with two attached hydrogens (primary N) is 6. The first-order chi connectivity index (χ1) is 59.8. The number of aromatic nitrogens is 11. The lowest BCUT2D eigenvalue weighted by atomic mass is 9.73. The molecule has 1 aromatic carbocycles. The Hall–Kier alpha value is -9.36. The third-order valence-electron chi connectivity index (χ3n) is 28.6. The highest BCUT2D eigenvalue weighted by atomic mass is 35.5. The van der Waals surface area contributed by atoms with E-state index >= 15 is 0 Å². The topological polar surface area (TPSA) is 434 Å². The maximum absolute atomic E-state index is 13.4. The van der Waals surface area contributed by atoms with Gasteiger partial charge in [-0.3, -0.25) is 57.4 Å². The zero-order chi connectivity index (χ0) is 88.4. The summed E-state index contributed by atoms with van der Waals surface area (Å²) in [5.41, 5.74) is 46.6. The summed E-state index contributed by atoms with van der Waals surface area (Å²) in [7, 11) is 8.61. The number of hydrogen-bond donors (Lipinski definition) is 6. The highest BCUT2D eigenvalue weighted by Gasteiger charge is 2.52. The molecule has 11 aliphatic heterocycles. The number of nitrogen functional groups attached to an aromatic ring is 2. The second-order valence-electron chi connectivity index (χ2n) is 35.7. The molecule has 0 bridgehead atoms. The van der Waals surface area contributed by atoms with E-state index in [9.17, 15) is 19.2 Å². The van der Waals surface area contributed by atoms with Gasteiger partial charge in [-0.05, 0) is 121 Å². The maximum Gasteiger partial charge on any atom is 0.264 e. The van der Waals surface area contributed by atoms with E-state index < -0.39 is 0 Å². The largest absolute Gasteiger partial charge is 0.495 e. The molecule has 7 aromatic heterocycles. The highest BCUT2D eigenvalue weighted by Crippen LogP contribution is 2.50. The van der Waals surface area contributed by atoms with Gasteiger partial charge in [0.05, 0.1) is 159 Å². The monoisotopic (exact) mass is 1800 g/mol. The minimum atomic E-state index is -0.143. The van der Waals surface area contributed by atoms with Crippen LogP contribution in [0.4, 0.5) is 35.4 Å². The lowest BCUT2D eigenvalue weighted by molar-refractivity contribution is 0.0972. The summed E-state index contributed by atoms with van der Waals surface area (Å²) >= 11 is 31.5. The molecule has 1 saturated carbocycles. The average Bonchev–Trinajstić information content (AvgIpc) is 1.73. The first-order valence-corrected chi connectivity index (χ1v) is 44.6. The van der Waals surface area contributed by atoms with Gasteiger partial charge in [-0.2, -0.15) is 0 Å². The summed E-state index contributed by atoms with van der Waals surface area (Å²) in [6, 6.07) is 10.9. The predicted octanol–water partition coefficient (Wildman–Crippen LogP) is 7.49. The van der Waals surface area contributed by atoms with E-state index in [-0.39, 0.29) is 92.2 Å². The van der Waals surface area contributed by atoms with Crippen LogP contribution in [0.25, 0.3) is 0 Å². The molecule has 125 heavy (non-hydrogen) atoms. The van der Waals surface area contributed by atoms with E-state index in [0.717, 1.165) is 110 Å². The van der Waals surface area contributed by atoms with Gasteiger partial charge in [-0.25, -0.2) is 34.9 Å². The normalized spacial score (nSPS) is 24.4. The van der Waals surface area contributed by atoms with Gasteiger partial charge >= 0.3 is 0 Å². The minimum Gasteiger partial charge on any atom is -0.495 e. The van der Waals surface area contributed by atoms with Gasteiger partial charge in [0.15, 0.2) is 0 Å². The number of hydrogen-bond acceptors (Lipinski definition) is 29. The fourth-order valence-electron chi connectivity index (χ4n) is 20.8. The molecule has 20 rings (SSSR count). The van der Waals surface area contributed by atoms with Crippen molar-refractivity contribution < 1.29 is 18.9 Å². The fourth-order valence-corrected chi connectivity index (χ4v) is 21.9. The zero-order valence-electron chi connectivity index (χ0n) is 71.6. The molecule has 0 unspecified atom stereocenters. The van der Waals surface area contributed by atoms with Crippen LogP contribution in [-0.2, 0) is 68.6 Å². The van der Waals surface area contributed by atoms with Gasteiger partial charge in [-0.1, -0.05) is 77.1 Å². The van der Waals surface area contributed by atoms with Crippen molar-refractivity contribution >= 4 is 116 Å². The molecule has 4 spiro atoms. The first-order valence-electron chi connectivity index (χ1n) is 42.7. The summed E-state index contributed by atoms with van der Waals surface area (Å²) in [4.78, 5) is 112. The van der Waals surface area contributed by atoms with Crippen LogP contribution < -0.4 is 81.0 Å². The molecule has 7 saturated heterocycles. The molecule has 0 amide bonds. The molecule has 8 atom stereocenters. The molecule has 38 heteroatoms. The lowest BCUT2D eigenvalue weighted by Gasteiger charge is -2.42. The van der Waals surface area contributed by atoms with E-state index in [0.29, 0.717) is 203 Å². The van der Waals surface area contributed by atoms with Crippen molar-refractivity contribution in [3.8, 4) is 5.75 Å². The summed E-state index contributed by atoms with van der Waals surface area (Å²) < 4.78 is 29.3. The average molecular weight is 1810 g/mol. The predicted molar refractivity (Wildman–Crippen MR) is 487 cm³/mol. The van der Waals surface area contributed by atoms with Crippen molar-refractivity contribution in [2.45, 2.75) is 161 Å². The molecule has 12 aliphatic rings. The molecule has 662 valence electrons. The lowest BCUT2D eigenvalue weighted by Crippen LogP contribution is -2.51. The first kappa shape index (κ1) is 87.7. The third kappa shape index (κ3) is 15.6. The number of nitrogens with zero attached hydrogens (tertiary/aromatic N) is 19. The fraction of sp³-hybridized carbons (Fsp3) is 0.529. The van der Waals surface area contributed by atoms with Gasteiger partial charge in [0.25, 0.3) is 22.2 Å². The Morgan fingerprint density at radius 1 is 0.440 bits per heavy atom. The number of benzene rings is 1. The Labute approximate surface area is 748 Å². The standard InChI is InChI=1S/C23H28ClN5O3.C22H28ClN7O.C21H24Cl2N6O2.C21H26ClN7O2/c1-13-20(25)23(12-32-13)7-9-29(10-8-23)22-27-15-11-26-19(17(15)21(30)28(22)2)14-5-4-6-16(31-3)18(14)24;1-12-9-15(24)22(10-12)4-7-30(8-5-22)21-28-14-11-27-18(16(14)20(31)29(21)2)13-3-6-26-19(25)17(13)23;2*1-11-18(24)21(10-31-11)3-5-29(6-4-21)20-27-14-9-26-17(16(14)19(30)28(20)2)12-7-15(23)25-8-13(12)22/h4-6,13,20H,7-12,25H2,1-3H3;3,6,12,15H,4-5,7-11,24H2,1-2H3,(H2,25,26);7-8,11,18H,3-6,9-10,24H2,1-2H3;7-8,11,18H,3-6,9-10,24H2,1-2H3,(H2,23,25)/t13-,20+;12-,15+;2*11-,18+/m0000/s1. The highest BCUT2D eigenvalue weighted by molar-refractivity contribution is 6.39. The van der Waals surface area contributed by atoms with Crippen LogP contribution in [0.1, 0.15) is 159 Å². The summed E-state index contributed by atoms with van der Waals surface area (Å²) in [5.74, 6) is 4.49. The molecule has 8 aromatic rings. The Balaban J connectivity index is 0.000000118. The van der Waals surface area contributed by atoms with Gasteiger partial charge in [0.2, 0.25) is 23.8 Å². The minimum absolute atomic E-state index is 0.0130. The van der Waals surface area contributed by atoms with Crippen molar-refractivity contribution in [2.24, 2.45) is 98.7 Å². The van der Waals surface area contributed by atoms with E-state index in [4.69, 9.17) is 131 Å². The number of ether oxygens (including phenoxy) is 4. The van der Waals surface area contributed by atoms with Gasteiger partial charge in [0, 0.05) is 162 Å². The van der Waals surface area contributed by atoms with Crippen molar-refractivity contribution in [3.05, 3.63) is 189 Å². The summed E-state index contributed by atoms with van der Waals surface area (Å²) in [5, 5.41) is 1.84. The van der Waals surface area contributed by atoms with Crippen molar-refractivity contribution in [1.29, 1.82) is 0 Å². The molecule has 18 heterocycles. The number of aliphatic imine (C=N–C) groups is 4. The van der Waals surface area contributed by atoms with Crippen LogP contribution in [0.5, 0.6) is 5.75 Å². The summed E-state index contributed by atoms with van der Waals surface area (Å²) in [6.07, 6.45) is 14.7. The molecular formula is C87H106Cl5N25O8. The Morgan fingerprint density at radius 2 is 0.784 bits per heavy atom. The number of pyridine rings is 3. The smallest absolute Gasteiger partial charge is 0.264 e. The Kier molecular flexibility index (Phi) is 24.1. The van der Waals surface area contributed by atoms with Crippen LogP contribution in [0.3, 0.4) is 0 Å². The number of rotatable bonds is 9. The quantitative estimate of drug-likeness (QED) is 0.0762. The molecule has 1 aliphatic carbocycles. The number of fused-ring (bicyclic) bond motifs is 4. The SMILES string of the molecule is COc1cccc(C2=NCc3nc(N4CCC5(CC4)CO[C@@H](C)[C@H]5N)n(C)c(=O)c32)c1Cl.C[C@@H]1OCC2(CCN(c3nc4c(c(=O)n3C)C(c3cc(Cl)ncc3Cl)=NC4)CC2)[C@@H]1N.C[C@@H]1OCC2(CCN(c3nc4c(c(=O)n3C)C(c3cc(N)ncc3Cl)=NC4)CC2)[C@@H]1N.C[C@H]1C[C@@H](N)C2(CCN(c3nc4c(c(=O)n3C)C(c3ccnc(N)c3Cl)=NC4)CC2)C1. The van der Waals surface area contributed by atoms with Crippen molar-refractivity contribution in [3.63, 3.8) is 0 Å². The maximum atomic E-state index is 13.4. The van der Waals surface area contributed by atoms with Crippen LogP contribution in [-0.4, -0.2) is 198 Å². The Morgan fingerprint density at radius 3 is 1.13 bits per heavy atom. The van der Waals surface area contributed by atoms with Crippen LogP contribution >= 0.6 is 58.0 Å². The number of anilines is 6. The van der Waals surface area contributed by atoms with Gasteiger partial charge < -0.3 is 72.9 Å². The Bertz CT molecular complexity index is 5680. The zero-order valence-corrected chi connectivity index (χ0v) is 75.4. The van der Waals surface area contributed by atoms with Crippen LogP contribution in [0, 0.1) is 27.6 Å². The number of methoxy groups -OCH3 is 1. The van der Waals surface area contributed by atoms with Crippen molar-refractivity contribution in [2.75, 3.05) is 110 Å². The number of piperidine rings is 4. The van der Waals surface area contributed by atoms with E-state index in [1.165, 1.54) is 18.8 Å². The molecular weight excluding hydrogens is 1700 g/mol. The van der Waals surface area contributed by atoms with Gasteiger partial charge in [-0.15, -0.1) is 0 Å². The molecule has 8 fully saturated rings. The van der Waals surface area contributed by atoms with Crippen molar-refractivity contribution in [1.82, 2.24) is 53.2 Å². The molecule has 33 nitrogen and oxygen atoms in total. The van der Waals surface area contributed by atoms with Crippen LogP contribution in [0.2, 0.25) is 25.2 Å². The molecule has 0 radical (unpaired) electrons. The van der Waals surface area contributed by atoms with E-state index in [1.54, 1.807) is 84.0 Å². The van der Waals surface area contributed by atoms with Crippen LogP contribution in [0.15, 0.2) is 94.1 Å². The van der Waals surface area contributed by atoms with E-state index in [1.807, 2.05) is 32.9 Å². The second-order valence-corrected chi connectivity index (χ2v) is 37.6. The molecule has 12 N–H and O–H groups in total. The third-order valence-corrected chi connectivity index (χ3v) is 30.2. The second kappa shape index (κ2) is 34.3. The van der Waals surface area contributed by atoms with Gasteiger partial charge in [0.1, 0.15) is 22.5 Å². The summed E-state index contributed by atoms with van der Waals surface area (Å²) in [6.45, 7) is 18.3. The number of halogens is 5. The van der Waals surface area contributed by atoms with E-state index in [2.05, 4.69) is 61.4 Å².